The van der Waals surface area contributed by atoms with Crippen molar-refractivity contribution in [1.82, 2.24) is 4.98 Å². The van der Waals surface area contributed by atoms with Crippen LogP contribution in [-0.4, -0.2) is 17.9 Å². The molecule has 0 amide bonds. The normalized spacial score (nSPS) is 10.6. The van der Waals surface area contributed by atoms with Gasteiger partial charge in [-0.25, -0.2) is 4.98 Å². The van der Waals surface area contributed by atoms with Gasteiger partial charge in [0.25, 0.3) is 0 Å². The molecular formula is C15H19N3O2S. The molecule has 0 fully saturated rings. The zero-order valence-corrected chi connectivity index (χ0v) is 13.0. The van der Waals surface area contributed by atoms with E-state index in [4.69, 9.17) is 20.6 Å². The van der Waals surface area contributed by atoms with Crippen molar-refractivity contribution in [3.63, 3.8) is 0 Å². The lowest BCUT2D eigenvalue weighted by Crippen LogP contribution is -2.11. The Balaban J connectivity index is 2.09. The number of benzene rings is 1. The Labute approximate surface area is 128 Å². The molecule has 1 aromatic carbocycles. The third-order valence-corrected chi connectivity index (χ3v) is 4.04. The molecule has 1 heterocycles. The second kappa shape index (κ2) is 7.19. The van der Waals surface area contributed by atoms with Gasteiger partial charge >= 0.3 is 0 Å². The highest BCUT2D eigenvalue weighted by atomic mass is 32.1. The Kier molecular flexibility index (Phi) is 5.30. The number of nitrogens with two attached hydrogens (primary N) is 1. The molecule has 1 aromatic heterocycles. The van der Waals surface area contributed by atoms with Crippen molar-refractivity contribution in [2.75, 3.05) is 7.11 Å². The molecule has 0 aliphatic carbocycles. The van der Waals surface area contributed by atoms with Gasteiger partial charge in [0.1, 0.15) is 23.2 Å². The number of hydrogen-bond donors (Lipinski definition) is 2. The maximum atomic E-state index is 7.57. The monoisotopic (exact) mass is 305 g/mol. The van der Waals surface area contributed by atoms with Crippen molar-refractivity contribution in [3.8, 4) is 5.75 Å². The topological polar surface area (TPSA) is 81.2 Å². The van der Waals surface area contributed by atoms with Gasteiger partial charge in [-0.15, -0.1) is 11.3 Å². The fraction of sp³-hybridized carbons (Fsp3) is 0.333. The minimum absolute atomic E-state index is 0.0128. The number of thiazole rings is 1. The molecule has 0 saturated heterocycles. The third-order valence-electron chi connectivity index (χ3n) is 2.94. The summed E-state index contributed by atoms with van der Waals surface area (Å²) in [6.45, 7) is 2.81. The Hall–Kier alpha value is -1.92. The largest absolute Gasteiger partial charge is 0.486 e. The quantitative estimate of drug-likeness (QED) is 0.609. The molecule has 0 spiro atoms. The van der Waals surface area contributed by atoms with Crippen molar-refractivity contribution in [2.24, 2.45) is 5.73 Å². The fourth-order valence-electron chi connectivity index (χ4n) is 1.91. The van der Waals surface area contributed by atoms with E-state index in [0.717, 1.165) is 17.2 Å². The number of nitrogens with one attached hydrogen (secondary N) is 1. The van der Waals surface area contributed by atoms with Crippen LogP contribution in [0.3, 0.4) is 0 Å². The smallest absolute Gasteiger partial charge is 0.140 e. The van der Waals surface area contributed by atoms with Gasteiger partial charge in [-0.1, -0.05) is 19.1 Å². The van der Waals surface area contributed by atoms with Crippen LogP contribution in [-0.2, 0) is 24.4 Å². The van der Waals surface area contributed by atoms with Crippen LogP contribution in [0.1, 0.15) is 28.1 Å². The van der Waals surface area contributed by atoms with E-state index in [2.05, 4.69) is 18.0 Å². The summed E-state index contributed by atoms with van der Waals surface area (Å²) in [4.78, 5) is 5.08. The average Bonchev–Trinajstić information content (AvgIpc) is 2.89. The lowest BCUT2D eigenvalue weighted by molar-refractivity contribution is 0.181. The van der Waals surface area contributed by atoms with E-state index < -0.39 is 0 Å². The van der Waals surface area contributed by atoms with Crippen LogP contribution in [0.15, 0.2) is 24.3 Å². The first-order valence-corrected chi connectivity index (χ1v) is 7.49. The van der Waals surface area contributed by atoms with E-state index in [0.29, 0.717) is 23.8 Å². The molecule has 0 aliphatic rings. The highest BCUT2D eigenvalue weighted by Crippen LogP contribution is 2.21. The number of methoxy groups -OCH3 is 1. The van der Waals surface area contributed by atoms with Crippen LogP contribution in [0, 0.1) is 5.41 Å². The number of nitrogens with zero attached hydrogens (tertiary/aromatic N) is 1. The van der Waals surface area contributed by atoms with E-state index >= 15 is 0 Å². The molecule has 112 valence electrons. The number of nitrogen functional groups attached to an aromatic ring is 1. The summed E-state index contributed by atoms with van der Waals surface area (Å²) in [7, 11) is 1.59. The van der Waals surface area contributed by atoms with Gasteiger partial charge < -0.3 is 15.2 Å². The predicted octanol–water partition coefficient (Wildman–Crippen LogP) is 2.71. The molecule has 6 heteroatoms. The maximum Gasteiger partial charge on any atom is 0.140 e. The van der Waals surface area contributed by atoms with Crippen molar-refractivity contribution in [3.05, 3.63) is 45.4 Å². The third kappa shape index (κ3) is 4.03. The first kappa shape index (κ1) is 15.5. The van der Waals surface area contributed by atoms with Gasteiger partial charge in [-0.2, -0.15) is 0 Å². The van der Waals surface area contributed by atoms with Gasteiger partial charge in [0, 0.05) is 7.11 Å². The summed E-state index contributed by atoms with van der Waals surface area (Å²) in [5.41, 5.74) is 7.48. The Bertz CT molecular complexity index is 625. The van der Waals surface area contributed by atoms with Gasteiger partial charge in [-0.05, 0) is 24.1 Å². The molecule has 0 atom stereocenters. The molecule has 0 saturated carbocycles. The molecular weight excluding hydrogens is 286 g/mol. The molecule has 21 heavy (non-hydrogen) atoms. The summed E-state index contributed by atoms with van der Waals surface area (Å²) in [5, 5.41) is 8.36. The number of amidine groups is 1. The summed E-state index contributed by atoms with van der Waals surface area (Å²) in [6.07, 6.45) is 0.973. The zero-order chi connectivity index (χ0) is 15.2. The van der Waals surface area contributed by atoms with E-state index in [-0.39, 0.29) is 5.84 Å². The molecule has 0 aliphatic heterocycles. The van der Waals surface area contributed by atoms with E-state index in [9.17, 15) is 0 Å². The second-order valence-corrected chi connectivity index (χ2v) is 5.60. The van der Waals surface area contributed by atoms with Crippen LogP contribution in [0.25, 0.3) is 0 Å². The van der Waals surface area contributed by atoms with Crippen LogP contribution in [0.4, 0.5) is 0 Å². The number of aryl methyl sites for hydroxylation is 1. The van der Waals surface area contributed by atoms with Gasteiger partial charge in [0.2, 0.25) is 0 Å². The summed E-state index contributed by atoms with van der Waals surface area (Å²) in [5.74, 6) is 0.834. The minimum Gasteiger partial charge on any atom is -0.486 e. The summed E-state index contributed by atoms with van der Waals surface area (Å²) >= 11 is 1.37. The molecule has 0 bridgehead atoms. The lowest BCUT2D eigenvalue weighted by Gasteiger charge is -2.05. The first-order chi connectivity index (χ1) is 10.1. The van der Waals surface area contributed by atoms with Crippen LogP contribution in [0.2, 0.25) is 0 Å². The lowest BCUT2D eigenvalue weighted by atomic mass is 10.2. The number of ether oxygens (including phenoxy) is 2. The summed E-state index contributed by atoms with van der Waals surface area (Å²) in [6, 6.07) is 8.00. The van der Waals surface area contributed by atoms with Crippen molar-refractivity contribution >= 4 is 17.2 Å². The van der Waals surface area contributed by atoms with Crippen LogP contribution in [0.5, 0.6) is 5.75 Å². The van der Waals surface area contributed by atoms with Crippen molar-refractivity contribution < 1.29 is 9.47 Å². The van der Waals surface area contributed by atoms with E-state index in [1.54, 1.807) is 7.11 Å². The standard InChI is InChI=1S/C15H19N3O2S/c1-3-10-5-4-6-11(7-10)20-9-13-18-12(8-19-2)14(21-13)15(16)17/h4-7H,3,8-9H2,1-2H3,(H3,16,17). The summed E-state index contributed by atoms with van der Waals surface area (Å²) < 4.78 is 10.8. The minimum atomic E-state index is 0.0128. The SMILES string of the molecule is CCc1cccc(OCc2nc(COC)c(C(=N)N)s2)c1. The number of hydrogen-bond acceptors (Lipinski definition) is 5. The van der Waals surface area contributed by atoms with Crippen molar-refractivity contribution in [2.45, 2.75) is 26.6 Å². The first-order valence-electron chi connectivity index (χ1n) is 6.67. The average molecular weight is 305 g/mol. The van der Waals surface area contributed by atoms with E-state index in [1.165, 1.54) is 16.9 Å². The van der Waals surface area contributed by atoms with Crippen LogP contribution < -0.4 is 10.5 Å². The number of aromatic nitrogens is 1. The molecule has 0 radical (unpaired) electrons. The predicted molar refractivity (Wildman–Crippen MR) is 84.0 cm³/mol. The van der Waals surface area contributed by atoms with Crippen LogP contribution >= 0.6 is 11.3 Å². The second-order valence-electron chi connectivity index (χ2n) is 4.52. The molecule has 2 aromatic rings. The molecule has 5 nitrogen and oxygen atoms in total. The Morgan fingerprint density at radius 2 is 2.19 bits per heavy atom. The Morgan fingerprint density at radius 3 is 2.86 bits per heavy atom. The Morgan fingerprint density at radius 1 is 1.38 bits per heavy atom. The highest BCUT2D eigenvalue weighted by Gasteiger charge is 2.13. The molecule has 2 rings (SSSR count). The number of rotatable bonds is 7. The molecule has 0 unspecified atom stereocenters. The fourth-order valence-corrected chi connectivity index (χ4v) is 2.75. The van der Waals surface area contributed by atoms with Crippen molar-refractivity contribution in [1.29, 1.82) is 5.41 Å². The van der Waals surface area contributed by atoms with Gasteiger partial charge in [0.15, 0.2) is 0 Å². The highest BCUT2D eigenvalue weighted by molar-refractivity contribution is 7.13. The zero-order valence-electron chi connectivity index (χ0n) is 12.2. The van der Waals surface area contributed by atoms with Gasteiger partial charge in [-0.3, -0.25) is 5.41 Å². The van der Waals surface area contributed by atoms with E-state index in [1.807, 2.05) is 18.2 Å². The van der Waals surface area contributed by atoms with Gasteiger partial charge in [0.05, 0.1) is 17.2 Å². The molecule has 3 N–H and O–H groups in total. The maximum absolute atomic E-state index is 7.57.